The maximum atomic E-state index is 12.0. The van der Waals surface area contributed by atoms with Crippen LogP contribution in [0.2, 0.25) is 0 Å². The molecule has 0 radical (unpaired) electrons. The number of hydrogen-bond donors (Lipinski definition) is 2. The predicted molar refractivity (Wildman–Crippen MR) is 73.4 cm³/mol. The number of rotatable bonds is 7. The van der Waals surface area contributed by atoms with Gasteiger partial charge in [-0.15, -0.1) is 0 Å². The van der Waals surface area contributed by atoms with Gasteiger partial charge in [0.2, 0.25) is 0 Å². The first kappa shape index (κ1) is 13.9. The van der Waals surface area contributed by atoms with Crippen molar-refractivity contribution in [3.05, 3.63) is 29.8 Å². The third-order valence-corrected chi connectivity index (χ3v) is 3.42. The minimum Gasteiger partial charge on any atom is -0.494 e. The molecule has 1 fully saturated rings. The minimum absolute atomic E-state index is 0.0109. The monoisotopic (exact) mass is 263 g/mol. The first-order valence-electron chi connectivity index (χ1n) is 6.85. The van der Waals surface area contributed by atoms with E-state index in [2.05, 4.69) is 12.2 Å². The molecule has 0 unspecified atom stereocenters. The van der Waals surface area contributed by atoms with E-state index in [9.17, 15) is 9.90 Å². The molecule has 0 spiro atoms. The van der Waals surface area contributed by atoms with Crippen molar-refractivity contribution in [1.29, 1.82) is 0 Å². The number of carbonyl (C=O) groups is 1. The molecule has 0 aliphatic heterocycles. The van der Waals surface area contributed by atoms with Gasteiger partial charge in [0.05, 0.1) is 18.8 Å². The first-order valence-corrected chi connectivity index (χ1v) is 6.85. The van der Waals surface area contributed by atoms with E-state index in [-0.39, 0.29) is 18.1 Å². The van der Waals surface area contributed by atoms with Crippen LogP contribution in [0, 0.1) is 0 Å². The molecular weight excluding hydrogens is 242 g/mol. The predicted octanol–water partition coefficient (Wildman–Crippen LogP) is 2.12. The van der Waals surface area contributed by atoms with Crippen LogP contribution in [-0.2, 0) is 0 Å². The molecule has 1 amide bonds. The summed E-state index contributed by atoms with van der Waals surface area (Å²) in [4.78, 5) is 12.0. The summed E-state index contributed by atoms with van der Waals surface area (Å²) in [7, 11) is 0. The van der Waals surface area contributed by atoms with Gasteiger partial charge in [-0.25, -0.2) is 0 Å². The van der Waals surface area contributed by atoms with Gasteiger partial charge in [-0.05, 0) is 43.5 Å². The van der Waals surface area contributed by atoms with Gasteiger partial charge in [0.25, 0.3) is 5.91 Å². The highest BCUT2D eigenvalue weighted by Gasteiger charge is 2.43. The van der Waals surface area contributed by atoms with Crippen molar-refractivity contribution in [2.24, 2.45) is 0 Å². The van der Waals surface area contributed by atoms with Crippen LogP contribution in [0.25, 0.3) is 0 Å². The summed E-state index contributed by atoms with van der Waals surface area (Å²) >= 11 is 0. The molecule has 0 saturated heterocycles. The molecule has 0 aromatic heterocycles. The Kier molecular flexibility index (Phi) is 4.43. The van der Waals surface area contributed by atoms with E-state index in [1.807, 2.05) is 12.1 Å². The molecule has 104 valence electrons. The van der Waals surface area contributed by atoms with Gasteiger partial charge in [-0.1, -0.05) is 13.3 Å². The second kappa shape index (κ2) is 6.06. The Balaban J connectivity index is 1.88. The Hall–Kier alpha value is -1.55. The van der Waals surface area contributed by atoms with Gasteiger partial charge >= 0.3 is 0 Å². The van der Waals surface area contributed by atoms with Gasteiger partial charge in [0.15, 0.2) is 0 Å². The van der Waals surface area contributed by atoms with Gasteiger partial charge in [-0.2, -0.15) is 0 Å². The Morgan fingerprint density at radius 1 is 1.37 bits per heavy atom. The maximum absolute atomic E-state index is 12.0. The second-order valence-corrected chi connectivity index (χ2v) is 5.12. The number of aliphatic hydroxyl groups is 1. The smallest absolute Gasteiger partial charge is 0.251 e. The number of unbranched alkanes of at least 4 members (excludes halogenated alkanes) is 1. The van der Waals surface area contributed by atoms with Crippen molar-refractivity contribution in [2.75, 3.05) is 13.2 Å². The number of benzene rings is 1. The molecule has 1 aliphatic rings. The van der Waals surface area contributed by atoms with E-state index in [4.69, 9.17) is 4.74 Å². The fourth-order valence-electron chi connectivity index (χ4n) is 1.82. The molecule has 0 heterocycles. The number of aliphatic hydroxyl groups excluding tert-OH is 1. The molecule has 2 N–H and O–H groups in total. The largest absolute Gasteiger partial charge is 0.494 e. The van der Waals surface area contributed by atoms with Crippen LogP contribution in [-0.4, -0.2) is 29.8 Å². The number of nitrogens with one attached hydrogen (secondary N) is 1. The molecule has 0 atom stereocenters. The molecule has 2 rings (SSSR count). The zero-order valence-corrected chi connectivity index (χ0v) is 11.3. The summed E-state index contributed by atoms with van der Waals surface area (Å²) in [5, 5.41) is 12.1. The average molecular weight is 263 g/mol. The molecule has 19 heavy (non-hydrogen) atoms. The van der Waals surface area contributed by atoms with Gasteiger partial charge in [-0.3, -0.25) is 4.79 Å². The van der Waals surface area contributed by atoms with Crippen molar-refractivity contribution in [2.45, 2.75) is 38.1 Å². The molecule has 4 heteroatoms. The molecule has 1 aliphatic carbocycles. The van der Waals surface area contributed by atoms with Crippen molar-refractivity contribution < 1.29 is 14.6 Å². The summed E-state index contributed by atoms with van der Waals surface area (Å²) in [6, 6.07) is 7.13. The fraction of sp³-hybridized carbons (Fsp3) is 0.533. The Bertz CT molecular complexity index is 424. The Morgan fingerprint density at radius 2 is 2.05 bits per heavy atom. The van der Waals surface area contributed by atoms with Crippen molar-refractivity contribution in [3.63, 3.8) is 0 Å². The molecule has 1 saturated carbocycles. The molecule has 4 nitrogen and oxygen atoms in total. The van der Waals surface area contributed by atoms with Crippen molar-refractivity contribution in [3.8, 4) is 5.75 Å². The average Bonchev–Trinajstić information content (AvgIpc) is 3.20. The van der Waals surface area contributed by atoms with Gasteiger partial charge in [0.1, 0.15) is 5.75 Å². The normalized spacial score (nSPS) is 15.9. The van der Waals surface area contributed by atoms with E-state index in [0.29, 0.717) is 12.2 Å². The van der Waals surface area contributed by atoms with Crippen LogP contribution in [0.1, 0.15) is 43.0 Å². The quantitative estimate of drug-likeness (QED) is 0.741. The minimum atomic E-state index is -0.368. The number of carbonyl (C=O) groups excluding carboxylic acids is 1. The van der Waals surface area contributed by atoms with Crippen LogP contribution >= 0.6 is 0 Å². The van der Waals surface area contributed by atoms with Gasteiger partial charge in [0, 0.05) is 5.56 Å². The van der Waals surface area contributed by atoms with E-state index in [1.54, 1.807) is 12.1 Å². The topological polar surface area (TPSA) is 58.6 Å². The van der Waals surface area contributed by atoms with Crippen LogP contribution in [0.5, 0.6) is 5.75 Å². The zero-order chi connectivity index (χ0) is 13.7. The second-order valence-electron chi connectivity index (χ2n) is 5.12. The highest BCUT2D eigenvalue weighted by atomic mass is 16.5. The summed E-state index contributed by atoms with van der Waals surface area (Å²) < 4.78 is 5.54. The highest BCUT2D eigenvalue weighted by molar-refractivity contribution is 5.95. The molecular formula is C15H21NO3. The summed E-state index contributed by atoms with van der Waals surface area (Å²) in [6.45, 7) is 2.83. The molecule has 0 bridgehead atoms. The van der Waals surface area contributed by atoms with Crippen LogP contribution in [0.15, 0.2) is 24.3 Å². The van der Waals surface area contributed by atoms with Crippen molar-refractivity contribution in [1.82, 2.24) is 5.32 Å². The van der Waals surface area contributed by atoms with Crippen LogP contribution in [0.4, 0.5) is 0 Å². The fourth-order valence-corrected chi connectivity index (χ4v) is 1.82. The lowest BCUT2D eigenvalue weighted by Crippen LogP contribution is -2.39. The van der Waals surface area contributed by atoms with E-state index < -0.39 is 0 Å². The summed E-state index contributed by atoms with van der Waals surface area (Å²) in [5.41, 5.74) is 0.232. The lowest BCUT2D eigenvalue weighted by atomic mass is 10.2. The van der Waals surface area contributed by atoms with Crippen LogP contribution < -0.4 is 10.1 Å². The van der Waals surface area contributed by atoms with E-state index in [0.717, 1.165) is 31.4 Å². The standard InChI is InChI=1S/C15H21NO3/c1-2-3-10-19-13-6-4-12(5-7-13)14(18)16-15(11-17)8-9-15/h4-7,17H,2-3,8-11H2,1H3,(H,16,18). The maximum Gasteiger partial charge on any atom is 0.251 e. The lowest BCUT2D eigenvalue weighted by Gasteiger charge is -2.14. The number of ether oxygens (including phenoxy) is 1. The van der Waals surface area contributed by atoms with Crippen LogP contribution in [0.3, 0.4) is 0 Å². The zero-order valence-electron chi connectivity index (χ0n) is 11.3. The number of hydrogen-bond acceptors (Lipinski definition) is 3. The van der Waals surface area contributed by atoms with Gasteiger partial charge < -0.3 is 15.2 Å². The Labute approximate surface area is 113 Å². The molecule has 1 aromatic rings. The summed E-state index contributed by atoms with van der Waals surface area (Å²) in [6.07, 6.45) is 3.84. The molecule has 1 aromatic carbocycles. The lowest BCUT2D eigenvalue weighted by molar-refractivity contribution is 0.0907. The third-order valence-electron chi connectivity index (χ3n) is 3.42. The first-order chi connectivity index (χ1) is 9.19. The number of amides is 1. The highest BCUT2D eigenvalue weighted by Crippen LogP contribution is 2.34. The van der Waals surface area contributed by atoms with E-state index in [1.165, 1.54) is 0 Å². The SMILES string of the molecule is CCCCOc1ccc(C(=O)NC2(CO)CC2)cc1. The Morgan fingerprint density at radius 3 is 2.58 bits per heavy atom. The van der Waals surface area contributed by atoms with Crippen molar-refractivity contribution >= 4 is 5.91 Å². The van der Waals surface area contributed by atoms with E-state index >= 15 is 0 Å². The third kappa shape index (κ3) is 3.70. The summed E-state index contributed by atoms with van der Waals surface area (Å²) in [5.74, 6) is 0.653.